The predicted octanol–water partition coefficient (Wildman–Crippen LogP) is 1.83. The van der Waals surface area contributed by atoms with Crippen LogP contribution in [0.25, 0.3) is 0 Å². The molecule has 1 aliphatic carbocycles. The highest BCUT2D eigenvalue weighted by Gasteiger charge is 2.28. The number of nitrogens with one attached hydrogen (secondary N) is 2. The van der Waals surface area contributed by atoms with Crippen LogP contribution < -0.4 is 21.1 Å². The number of rotatable bonds is 2. The lowest BCUT2D eigenvalue weighted by Crippen LogP contribution is -2.41. The average Bonchev–Trinajstić information content (AvgIpc) is 2.50. The van der Waals surface area contributed by atoms with E-state index in [4.69, 9.17) is 10.5 Å². The second-order valence-corrected chi connectivity index (χ2v) is 6.02. The zero-order valence-corrected chi connectivity index (χ0v) is 13.8. The zero-order chi connectivity index (χ0) is 15.7. The van der Waals surface area contributed by atoms with Crippen LogP contribution in [0.15, 0.2) is 18.2 Å². The van der Waals surface area contributed by atoms with Gasteiger partial charge in [-0.25, -0.2) is 0 Å². The molecular weight excluding hydrogens is 318 g/mol. The Morgan fingerprint density at radius 2 is 2.00 bits per heavy atom. The smallest absolute Gasteiger partial charge is 0.265 e. The molecule has 126 valence electrons. The molecule has 0 spiro atoms. The Balaban J connectivity index is 0.00000192. The summed E-state index contributed by atoms with van der Waals surface area (Å²) in [7, 11) is 0. The fourth-order valence-corrected chi connectivity index (χ4v) is 2.93. The fourth-order valence-electron chi connectivity index (χ4n) is 2.93. The lowest BCUT2D eigenvalue weighted by atomic mass is 9.91. The molecular formula is C16H22ClN3O3. The number of amides is 2. The van der Waals surface area contributed by atoms with Crippen LogP contribution in [0, 0.1) is 0 Å². The van der Waals surface area contributed by atoms with Gasteiger partial charge in [-0.2, -0.15) is 0 Å². The van der Waals surface area contributed by atoms with Gasteiger partial charge in [0.05, 0.1) is 11.3 Å². The predicted molar refractivity (Wildman–Crippen MR) is 90.1 cm³/mol. The molecule has 1 atom stereocenters. The molecule has 1 saturated carbocycles. The second-order valence-electron chi connectivity index (χ2n) is 6.02. The number of para-hydroxylation sites is 1. The molecule has 3 rings (SSSR count). The molecule has 2 amide bonds. The normalized spacial score (nSPS) is 26.2. The number of benzene rings is 1. The third-order valence-corrected chi connectivity index (χ3v) is 4.29. The molecule has 2 aliphatic rings. The molecule has 4 N–H and O–H groups in total. The van der Waals surface area contributed by atoms with Crippen molar-refractivity contribution in [2.24, 2.45) is 5.73 Å². The molecule has 0 aromatic heterocycles. The number of anilines is 1. The maximum atomic E-state index is 12.5. The fraction of sp³-hybridized carbons (Fsp3) is 0.500. The maximum Gasteiger partial charge on any atom is 0.265 e. The summed E-state index contributed by atoms with van der Waals surface area (Å²) in [4.78, 5) is 24.2. The van der Waals surface area contributed by atoms with Crippen LogP contribution in [-0.2, 0) is 4.79 Å². The van der Waals surface area contributed by atoms with Crippen molar-refractivity contribution >= 4 is 29.9 Å². The van der Waals surface area contributed by atoms with E-state index in [0.717, 1.165) is 25.7 Å². The molecule has 1 heterocycles. The van der Waals surface area contributed by atoms with Crippen molar-refractivity contribution in [1.29, 1.82) is 0 Å². The van der Waals surface area contributed by atoms with Gasteiger partial charge >= 0.3 is 0 Å². The number of hydrogen-bond acceptors (Lipinski definition) is 4. The van der Waals surface area contributed by atoms with Crippen LogP contribution in [0.2, 0.25) is 0 Å². The average molecular weight is 340 g/mol. The molecule has 0 saturated heterocycles. The number of fused-ring (bicyclic) bond motifs is 1. The first kappa shape index (κ1) is 17.6. The quantitative estimate of drug-likeness (QED) is 0.766. The van der Waals surface area contributed by atoms with E-state index in [1.807, 2.05) is 0 Å². The number of nitrogens with two attached hydrogens (primary N) is 1. The van der Waals surface area contributed by atoms with Crippen LogP contribution in [0.1, 0.15) is 43.0 Å². The largest absolute Gasteiger partial charge is 0.478 e. The van der Waals surface area contributed by atoms with Gasteiger partial charge in [0, 0.05) is 12.1 Å². The first-order chi connectivity index (χ1) is 10.5. The van der Waals surface area contributed by atoms with Crippen LogP contribution in [0.4, 0.5) is 5.69 Å². The summed E-state index contributed by atoms with van der Waals surface area (Å²) >= 11 is 0. The molecule has 0 radical (unpaired) electrons. The molecule has 1 unspecified atom stereocenters. The number of ether oxygens (including phenoxy) is 1. The van der Waals surface area contributed by atoms with Gasteiger partial charge in [0.25, 0.3) is 11.8 Å². The first-order valence-electron chi connectivity index (χ1n) is 7.71. The standard InChI is InChI=1S/C16H21N3O3.ClH/c1-9-15(20)19-13-4-2-3-12(14(13)22-9)16(21)18-11-7-5-10(17)6-8-11;/h2-4,9-11H,5-8,17H2,1H3,(H,18,21)(H,19,20);1H. The van der Waals surface area contributed by atoms with E-state index in [9.17, 15) is 9.59 Å². The lowest BCUT2D eigenvalue weighted by Gasteiger charge is -2.28. The molecule has 1 aromatic carbocycles. The minimum Gasteiger partial charge on any atom is -0.478 e. The third kappa shape index (κ3) is 3.76. The zero-order valence-electron chi connectivity index (χ0n) is 13.0. The highest BCUT2D eigenvalue weighted by atomic mass is 35.5. The summed E-state index contributed by atoms with van der Waals surface area (Å²) in [5.74, 6) is 0.0756. The molecule has 1 fully saturated rings. The van der Waals surface area contributed by atoms with E-state index in [0.29, 0.717) is 17.0 Å². The first-order valence-corrected chi connectivity index (χ1v) is 7.71. The Hall–Kier alpha value is -1.79. The van der Waals surface area contributed by atoms with Gasteiger partial charge in [-0.3, -0.25) is 9.59 Å². The summed E-state index contributed by atoms with van der Waals surface area (Å²) in [5, 5.41) is 5.80. The van der Waals surface area contributed by atoms with E-state index >= 15 is 0 Å². The molecule has 23 heavy (non-hydrogen) atoms. The summed E-state index contributed by atoms with van der Waals surface area (Å²) in [6, 6.07) is 5.59. The van der Waals surface area contributed by atoms with E-state index in [1.165, 1.54) is 0 Å². The van der Waals surface area contributed by atoms with Crippen molar-refractivity contribution in [3.63, 3.8) is 0 Å². The Morgan fingerprint density at radius 1 is 1.30 bits per heavy atom. The van der Waals surface area contributed by atoms with E-state index in [-0.39, 0.29) is 36.3 Å². The van der Waals surface area contributed by atoms with Crippen molar-refractivity contribution in [3.8, 4) is 5.75 Å². The van der Waals surface area contributed by atoms with Gasteiger partial charge in [-0.15, -0.1) is 12.4 Å². The summed E-state index contributed by atoms with van der Waals surface area (Å²) in [6.45, 7) is 1.66. The van der Waals surface area contributed by atoms with Crippen molar-refractivity contribution in [2.75, 3.05) is 5.32 Å². The molecule has 1 aromatic rings. The van der Waals surface area contributed by atoms with E-state index in [1.54, 1.807) is 25.1 Å². The Labute approximate surface area is 141 Å². The van der Waals surface area contributed by atoms with Crippen molar-refractivity contribution < 1.29 is 14.3 Å². The van der Waals surface area contributed by atoms with Crippen LogP contribution in [0.5, 0.6) is 5.75 Å². The van der Waals surface area contributed by atoms with Crippen molar-refractivity contribution in [1.82, 2.24) is 5.32 Å². The van der Waals surface area contributed by atoms with E-state index in [2.05, 4.69) is 10.6 Å². The van der Waals surface area contributed by atoms with E-state index < -0.39 is 6.10 Å². The Morgan fingerprint density at radius 3 is 2.70 bits per heavy atom. The van der Waals surface area contributed by atoms with Crippen molar-refractivity contribution in [3.05, 3.63) is 23.8 Å². The van der Waals surface area contributed by atoms with Gasteiger partial charge in [-0.05, 0) is 44.7 Å². The summed E-state index contributed by atoms with van der Waals surface area (Å²) in [5.41, 5.74) is 6.89. The maximum absolute atomic E-state index is 12.5. The van der Waals surface area contributed by atoms with Crippen LogP contribution in [-0.4, -0.2) is 30.0 Å². The molecule has 0 bridgehead atoms. The summed E-state index contributed by atoms with van der Waals surface area (Å²) in [6.07, 6.45) is 3.06. The number of hydrogen-bond donors (Lipinski definition) is 3. The third-order valence-electron chi connectivity index (χ3n) is 4.29. The monoisotopic (exact) mass is 339 g/mol. The molecule has 7 heteroatoms. The van der Waals surface area contributed by atoms with Crippen molar-refractivity contribution in [2.45, 2.75) is 50.8 Å². The van der Waals surface area contributed by atoms with Gasteiger partial charge in [0.2, 0.25) is 0 Å². The Bertz CT molecular complexity index is 600. The molecule has 6 nitrogen and oxygen atoms in total. The van der Waals surface area contributed by atoms with Gasteiger partial charge in [-0.1, -0.05) is 6.07 Å². The molecule has 1 aliphatic heterocycles. The van der Waals surface area contributed by atoms with Gasteiger partial charge < -0.3 is 21.1 Å². The highest BCUT2D eigenvalue weighted by molar-refractivity contribution is 6.04. The van der Waals surface area contributed by atoms with Crippen LogP contribution in [0.3, 0.4) is 0 Å². The SMILES string of the molecule is CC1Oc2c(cccc2C(=O)NC2CCC(N)CC2)NC1=O.Cl. The number of carbonyl (C=O) groups is 2. The lowest BCUT2D eigenvalue weighted by molar-refractivity contribution is -0.122. The number of carbonyl (C=O) groups excluding carboxylic acids is 2. The second kappa shape index (κ2) is 7.19. The summed E-state index contributed by atoms with van der Waals surface area (Å²) < 4.78 is 5.61. The number of halogens is 1. The highest BCUT2D eigenvalue weighted by Crippen LogP contribution is 2.33. The minimum absolute atomic E-state index is 0. The van der Waals surface area contributed by atoms with Gasteiger partial charge in [0.1, 0.15) is 0 Å². The Kier molecular flexibility index (Phi) is 5.49. The topological polar surface area (TPSA) is 93.4 Å². The minimum atomic E-state index is -0.603. The van der Waals surface area contributed by atoms with Gasteiger partial charge in [0.15, 0.2) is 11.9 Å². The van der Waals surface area contributed by atoms with Crippen LogP contribution >= 0.6 is 12.4 Å².